The SMILES string of the molecule is Cc1nn(-c2ccccc2)c2c1C(c1ccccc1)c1c(ncn3nc(-c4ccco4)nc13)O2. The zero-order valence-corrected chi connectivity index (χ0v) is 18.2. The van der Waals surface area contributed by atoms with Gasteiger partial charge in [0, 0.05) is 0 Å². The lowest BCUT2D eigenvalue weighted by molar-refractivity contribution is 0.402. The quantitative estimate of drug-likeness (QED) is 0.373. The van der Waals surface area contributed by atoms with Crippen LogP contribution in [0.4, 0.5) is 0 Å². The molecule has 0 bridgehead atoms. The summed E-state index contributed by atoms with van der Waals surface area (Å²) in [5, 5.41) is 9.45. The Morgan fingerprint density at radius 3 is 2.41 bits per heavy atom. The molecule has 164 valence electrons. The number of hydrogen-bond acceptors (Lipinski definition) is 6. The largest absolute Gasteiger partial charge is 0.461 e. The number of aryl methyl sites for hydroxylation is 1. The Hall–Kier alpha value is -4.72. The molecule has 0 saturated heterocycles. The van der Waals surface area contributed by atoms with Gasteiger partial charge < -0.3 is 9.15 Å². The van der Waals surface area contributed by atoms with Crippen LogP contribution < -0.4 is 4.74 Å². The van der Waals surface area contributed by atoms with Crippen LogP contribution in [0, 0.1) is 6.92 Å². The topological polar surface area (TPSA) is 83.3 Å². The number of hydrogen-bond donors (Lipinski definition) is 0. The maximum absolute atomic E-state index is 6.43. The molecule has 5 heterocycles. The number of furan rings is 1. The van der Waals surface area contributed by atoms with E-state index < -0.39 is 0 Å². The van der Waals surface area contributed by atoms with Gasteiger partial charge in [-0.25, -0.2) is 19.2 Å². The molecule has 1 aliphatic heterocycles. The number of benzene rings is 2. The Bertz CT molecular complexity index is 1640. The molecule has 1 aliphatic rings. The minimum absolute atomic E-state index is 0.178. The zero-order valence-electron chi connectivity index (χ0n) is 18.2. The summed E-state index contributed by atoms with van der Waals surface area (Å²) in [5.74, 6) is 2.06. The molecule has 0 saturated carbocycles. The molecule has 8 heteroatoms. The van der Waals surface area contributed by atoms with Crippen LogP contribution in [0.3, 0.4) is 0 Å². The first-order valence-electron chi connectivity index (χ1n) is 10.9. The van der Waals surface area contributed by atoms with Crippen molar-refractivity contribution in [3.05, 3.63) is 108 Å². The van der Waals surface area contributed by atoms with Crippen molar-refractivity contribution in [2.75, 3.05) is 0 Å². The molecule has 0 fully saturated rings. The van der Waals surface area contributed by atoms with E-state index in [0.717, 1.165) is 28.1 Å². The van der Waals surface area contributed by atoms with Gasteiger partial charge >= 0.3 is 0 Å². The van der Waals surface area contributed by atoms with E-state index in [9.17, 15) is 0 Å². The molecular weight excluding hydrogens is 428 g/mol. The van der Waals surface area contributed by atoms with E-state index in [1.54, 1.807) is 17.1 Å². The van der Waals surface area contributed by atoms with E-state index >= 15 is 0 Å². The van der Waals surface area contributed by atoms with Crippen molar-refractivity contribution in [1.29, 1.82) is 0 Å². The summed E-state index contributed by atoms with van der Waals surface area (Å²) in [4.78, 5) is 9.45. The molecule has 6 aromatic rings. The maximum Gasteiger partial charge on any atom is 0.230 e. The second kappa shape index (κ2) is 7.14. The fourth-order valence-corrected chi connectivity index (χ4v) is 4.61. The molecule has 1 unspecified atom stereocenters. The highest BCUT2D eigenvalue weighted by Gasteiger charge is 2.38. The molecule has 4 aromatic heterocycles. The van der Waals surface area contributed by atoms with E-state index in [0.29, 0.717) is 29.0 Å². The van der Waals surface area contributed by atoms with E-state index in [4.69, 9.17) is 19.2 Å². The Morgan fingerprint density at radius 1 is 0.853 bits per heavy atom. The van der Waals surface area contributed by atoms with Gasteiger partial charge in [-0.15, -0.1) is 5.10 Å². The first kappa shape index (κ1) is 18.8. The predicted octanol–water partition coefficient (Wildman–Crippen LogP) is 5.16. The molecule has 8 nitrogen and oxygen atoms in total. The van der Waals surface area contributed by atoms with Crippen LogP contribution in [-0.2, 0) is 0 Å². The van der Waals surface area contributed by atoms with Crippen molar-refractivity contribution in [2.24, 2.45) is 0 Å². The normalized spacial score (nSPS) is 14.6. The third-order valence-corrected chi connectivity index (χ3v) is 6.10. The average molecular weight is 446 g/mol. The number of rotatable bonds is 3. The van der Waals surface area contributed by atoms with Crippen LogP contribution in [0.25, 0.3) is 22.9 Å². The minimum atomic E-state index is -0.178. The Labute approximate surface area is 194 Å². The summed E-state index contributed by atoms with van der Waals surface area (Å²) in [6.45, 7) is 2.01. The summed E-state index contributed by atoms with van der Waals surface area (Å²) in [6.07, 6.45) is 3.23. The van der Waals surface area contributed by atoms with Crippen LogP contribution in [0.15, 0.2) is 89.8 Å². The first-order valence-corrected chi connectivity index (χ1v) is 10.9. The van der Waals surface area contributed by atoms with Gasteiger partial charge in [-0.3, -0.25) is 0 Å². The Balaban J connectivity index is 1.51. The number of fused-ring (bicyclic) bond motifs is 4. The Morgan fingerprint density at radius 2 is 1.65 bits per heavy atom. The van der Waals surface area contributed by atoms with Crippen LogP contribution in [0.1, 0.15) is 28.3 Å². The fraction of sp³-hybridized carbons (Fsp3) is 0.0769. The van der Waals surface area contributed by atoms with Gasteiger partial charge in [0.25, 0.3) is 0 Å². The summed E-state index contributed by atoms with van der Waals surface area (Å²) in [7, 11) is 0. The van der Waals surface area contributed by atoms with Gasteiger partial charge in [0.05, 0.1) is 34.7 Å². The number of ether oxygens (including phenoxy) is 1. The van der Waals surface area contributed by atoms with E-state index in [-0.39, 0.29) is 5.92 Å². The van der Waals surface area contributed by atoms with Gasteiger partial charge in [0.1, 0.15) is 6.33 Å². The molecular formula is C26H18N6O2. The van der Waals surface area contributed by atoms with Gasteiger partial charge in [-0.2, -0.15) is 5.10 Å². The summed E-state index contributed by atoms with van der Waals surface area (Å²) >= 11 is 0. The third-order valence-electron chi connectivity index (χ3n) is 6.10. The van der Waals surface area contributed by atoms with E-state index in [1.807, 2.05) is 72.3 Å². The van der Waals surface area contributed by atoms with E-state index in [1.165, 1.54) is 0 Å². The van der Waals surface area contributed by atoms with Crippen LogP contribution >= 0.6 is 0 Å². The highest BCUT2D eigenvalue weighted by atomic mass is 16.5. The second-order valence-corrected chi connectivity index (χ2v) is 8.14. The molecule has 0 radical (unpaired) electrons. The molecule has 2 aromatic carbocycles. The van der Waals surface area contributed by atoms with Gasteiger partial charge in [0.15, 0.2) is 11.4 Å². The Kier molecular flexibility index (Phi) is 3.95. The van der Waals surface area contributed by atoms with Crippen molar-refractivity contribution < 1.29 is 9.15 Å². The predicted molar refractivity (Wildman–Crippen MR) is 124 cm³/mol. The third kappa shape index (κ3) is 2.72. The van der Waals surface area contributed by atoms with Crippen LogP contribution in [-0.4, -0.2) is 29.4 Å². The van der Waals surface area contributed by atoms with E-state index in [2.05, 4.69) is 22.2 Å². The molecule has 0 spiro atoms. The summed E-state index contributed by atoms with van der Waals surface area (Å²) < 4.78 is 15.5. The molecule has 0 N–H and O–H groups in total. The van der Waals surface area contributed by atoms with Gasteiger partial charge in [0.2, 0.25) is 17.6 Å². The maximum atomic E-state index is 6.43. The molecule has 34 heavy (non-hydrogen) atoms. The lowest BCUT2D eigenvalue weighted by Crippen LogP contribution is -2.16. The average Bonchev–Trinajstić information content (AvgIpc) is 3.63. The number of para-hydroxylation sites is 1. The highest BCUT2D eigenvalue weighted by Crippen LogP contribution is 2.49. The lowest BCUT2D eigenvalue weighted by Gasteiger charge is -2.26. The molecule has 0 amide bonds. The van der Waals surface area contributed by atoms with Crippen molar-refractivity contribution >= 4 is 5.65 Å². The summed E-state index contributed by atoms with van der Waals surface area (Å²) in [6, 6.07) is 23.9. The van der Waals surface area contributed by atoms with Gasteiger partial charge in [-0.1, -0.05) is 48.5 Å². The standard InChI is InChI=1S/C26H18N6O2/c1-16-20-21(17-9-4-2-5-10-17)22-24-28-23(19-13-8-14-33-19)30-31(24)15-27-25(22)34-26(20)32(29-16)18-11-6-3-7-12-18/h2-15,21H,1H3. The lowest BCUT2D eigenvalue weighted by atomic mass is 9.84. The second-order valence-electron chi connectivity index (χ2n) is 8.14. The van der Waals surface area contributed by atoms with Crippen molar-refractivity contribution in [3.63, 3.8) is 0 Å². The highest BCUT2D eigenvalue weighted by molar-refractivity contribution is 5.67. The minimum Gasteiger partial charge on any atom is -0.461 e. The first-order chi connectivity index (χ1) is 16.8. The fourth-order valence-electron chi connectivity index (χ4n) is 4.61. The smallest absolute Gasteiger partial charge is 0.230 e. The van der Waals surface area contributed by atoms with Crippen LogP contribution in [0.5, 0.6) is 11.8 Å². The molecule has 7 rings (SSSR count). The summed E-state index contributed by atoms with van der Waals surface area (Å²) in [5.41, 5.74) is 5.41. The number of aromatic nitrogens is 6. The molecule has 1 atom stereocenters. The van der Waals surface area contributed by atoms with Crippen molar-refractivity contribution in [2.45, 2.75) is 12.8 Å². The molecule has 0 aliphatic carbocycles. The number of nitrogens with zero attached hydrogens (tertiary/aromatic N) is 6. The zero-order chi connectivity index (χ0) is 22.6. The van der Waals surface area contributed by atoms with Crippen molar-refractivity contribution in [3.8, 4) is 29.0 Å². The van der Waals surface area contributed by atoms with Gasteiger partial charge in [-0.05, 0) is 36.8 Å². The monoisotopic (exact) mass is 446 g/mol. The van der Waals surface area contributed by atoms with Crippen LogP contribution in [0.2, 0.25) is 0 Å². The van der Waals surface area contributed by atoms with Crippen molar-refractivity contribution in [1.82, 2.24) is 29.4 Å².